The molecule has 0 saturated carbocycles. The Labute approximate surface area is 191 Å². The molecular formula is C26H23FN2O2S. The molecule has 32 heavy (non-hydrogen) atoms. The summed E-state index contributed by atoms with van der Waals surface area (Å²) in [5.74, 6) is 0.353. The first-order valence-electron chi connectivity index (χ1n) is 10.4. The number of likely N-dealkylation sites (N-methyl/N-ethyl adjacent to an activating group) is 1. The zero-order valence-electron chi connectivity index (χ0n) is 17.9. The molecule has 1 heterocycles. The van der Waals surface area contributed by atoms with Crippen LogP contribution in [0.2, 0.25) is 0 Å². The van der Waals surface area contributed by atoms with Gasteiger partial charge in [0, 0.05) is 6.54 Å². The van der Waals surface area contributed by atoms with E-state index in [1.807, 2.05) is 74.5 Å². The molecule has 6 heteroatoms. The van der Waals surface area contributed by atoms with Crippen molar-refractivity contribution in [2.75, 3.05) is 6.54 Å². The molecule has 4 rings (SSSR count). The summed E-state index contributed by atoms with van der Waals surface area (Å²) in [5.41, 5.74) is 3.65. The predicted octanol–water partition coefficient (Wildman–Crippen LogP) is 6.34. The largest absolute Gasteiger partial charge is 0.489 e. The van der Waals surface area contributed by atoms with E-state index in [2.05, 4.69) is 4.99 Å². The normalized spacial score (nSPS) is 16.2. The fraction of sp³-hybridized carbons (Fsp3) is 0.154. The topological polar surface area (TPSA) is 41.9 Å². The van der Waals surface area contributed by atoms with Crippen LogP contribution < -0.4 is 4.74 Å². The van der Waals surface area contributed by atoms with E-state index in [9.17, 15) is 9.18 Å². The molecular weight excluding hydrogens is 423 g/mol. The van der Waals surface area contributed by atoms with E-state index in [0.717, 1.165) is 16.8 Å². The summed E-state index contributed by atoms with van der Waals surface area (Å²) >= 11 is 1.38. The second-order valence-electron chi connectivity index (χ2n) is 7.38. The van der Waals surface area contributed by atoms with Gasteiger partial charge in [-0.25, -0.2) is 9.38 Å². The van der Waals surface area contributed by atoms with Gasteiger partial charge < -0.3 is 4.74 Å². The van der Waals surface area contributed by atoms with E-state index in [1.54, 1.807) is 11.0 Å². The first-order valence-corrected chi connectivity index (χ1v) is 11.2. The van der Waals surface area contributed by atoms with Gasteiger partial charge in [0.05, 0.1) is 10.6 Å². The van der Waals surface area contributed by atoms with Gasteiger partial charge in [0.2, 0.25) is 0 Å². The third kappa shape index (κ3) is 5.26. The van der Waals surface area contributed by atoms with Crippen LogP contribution in [0.3, 0.4) is 0 Å². The summed E-state index contributed by atoms with van der Waals surface area (Å²) in [7, 11) is 0. The molecule has 0 bridgehead atoms. The van der Waals surface area contributed by atoms with Gasteiger partial charge in [0.1, 0.15) is 18.2 Å². The maximum absolute atomic E-state index is 13.3. The third-order valence-corrected chi connectivity index (χ3v) is 5.94. The van der Waals surface area contributed by atoms with E-state index in [1.165, 1.54) is 29.5 Å². The van der Waals surface area contributed by atoms with Crippen LogP contribution in [0.15, 0.2) is 82.7 Å². The van der Waals surface area contributed by atoms with Crippen molar-refractivity contribution < 1.29 is 13.9 Å². The minimum atomic E-state index is -0.279. The number of aryl methyl sites for hydroxylation is 1. The van der Waals surface area contributed by atoms with Gasteiger partial charge in [0.15, 0.2) is 5.17 Å². The number of nitrogens with zero attached hydrogens (tertiary/aromatic N) is 2. The van der Waals surface area contributed by atoms with Gasteiger partial charge in [-0.1, -0.05) is 42.0 Å². The maximum atomic E-state index is 13.3. The van der Waals surface area contributed by atoms with Crippen LogP contribution in [0.1, 0.15) is 23.6 Å². The van der Waals surface area contributed by atoms with E-state index in [-0.39, 0.29) is 18.3 Å². The Kier molecular flexibility index (Phi) is 6.71. The number of hydrogen-bond acceptors (Lipinski definition) is 4. The van der Waals surface area contributed by atoms with Crippen molar-refractivity contribution in [3.05, 3.63) is 100 Å². The standard InChI is InChI=1S/C26H23FN2O2S/c1-3-29-25(30)24(32-26(29)28-22-11-7-18(2)8-12-22)16-19-9-13-23(14-10-19)31-17-20-5-4-6-21(27)15-20/h4-16H,3,17H2,1-2H3/b24-16+,28-26?. The lowest BCUT2D eigenvalue weighted by atomic mass is 10.2. The molecule has 4 nitrogen and oxygen atoms in total. The Hall–Kier alpha value is -3.38. The minimum Gasteiger partial charge on any atom is -0.489 e. The van der Waals surface area contributed by atoms with Crippen molar-refractivity contribution >= 4 is 34.6 Å². The van der Waals surface area contributed by atoms with Gasteiger partial charge in [-0.15, -0.1) is 0 Å². The molecule has 0 atom stereocenters. The number of amidine groups is 1. The Morgan fingerprint density at radius 1 is 1.06 bits per heavy atom. The van der Waals surface area contributed by atoms with Crippen molar-refractivity contribution in [3.63, 3.8) is 0 Å². The molecule has 1 aliphatic heterocycles. The molecule has 3 aromatic carbocycles. The summed E-state index contributed by atoms with van der Waals surface area (Å²) < 4.78 is 19.0. The Balaban J connectivity index is 1.46. The molecule has 0 N–H and O–H groups in total. The molecule has 0 unspecified atom stereocenters. The van der Waals surface area contributed by atoms with Crippen LogP contribution in [-0.2, 0) is 11.4 Å². The average molecular weight is 447 g/mol. The van der Waals surface area contributed by atoms with Crippen LogP contribution >= 0.6 is 11.8 Å². The zero-order chi connectivity index (χ0) is 22.5. The number of ether oxygens (including phenoxy) is 1. The van der Waals surface area contributed by atoms with Crippen LogP contribution in [0.4, 0.5) is 10.1 Å². The van der Waals surface area contributed by atoms with Crippen LogP contribution in [0, 0.1) is 12.7 Å². The molecule has 0 spiro atoms. The van der Waals surface area contributed by atoms with Gasteiger partial charge >= 0.3 is 0 Å². The van der Waals surface area contributed by atoms with Crippen molar-refractivity contribution in [1.82, 2.24) is 4.90 Å². The van der Waals surface area contributed by atoms with E-state index in [4.69, 9.17) is 4.74 Å². The highest BCUT2D eigenvalue weighted by molar-refractivity contribution is 8.18. The monoisotopic (exact) mass is 446 g/mol. The number of amides is 1. The van der Waals surface area contributed by atoms with Crippen molar-refractivity contribution in [2.45, 2.75) is 20.5 Å². The highest BCUT2D eigenvalue weighted by atomic mass is 32.2. The Morgan fingerprint density at radius 2 is 1.81 bits per heavy atom. The molecule has 1 fully saturated rings. The predicted molar refractivity (Wildman–Crippen MR) is 128 cm³/mol. The molecule has 0 aliphatic carbocycles. The van der Waals surface area contributed by atoms with Crippen molar-refractivity contribution in [2.24, 2.45) is 4.99 Å². The summed E-state index contributed by atoms with van der Waals surface area (Å²) in [4.78, 5) is 19.8. The van der Waals surface area contributed by atoms with Gasteiger partial charge in [-0.05, 0) is 79.2 Å². The Bertz CT molecular complexity index is 1170. The number of benzene rings is 3. The van der Waals surface area contributed by atoms with Crippen molar-refractivity contribution in [1.29, 1.82) is 0 Å². The highest BCUT2D eigenvalue weighted by Gasteiger charge is 2.32. The van der Waals surface area contributed by atoms with E-state index >= 15 is 0 Å². The van der Waals surface area contributed by atoms with Crippen LogP contribution in [-0.4, -0.2) is 22.5 Å². The fourth-order valence-electron chi connectivity index (χ4n) is 3.21. The van der Waals surface area contributed by atoms with Crippen LogP contribution in [0.25, 0.3) is 6.08 Å². The molecule has 1 saturated heterocycles. The van der Waals surface area contributed by atoms with Crippen LogP contribution in [0.5, 0.6) is 5.75 Å². The van der Waals surface area contributed by atoms with Crippen molar-refractivity contribution in [3.8, 4) is 5.75 Å². The lowest BCUT2D eigenvalue weighted by molar-refractivity contribution is -0.122. The summed E-state index contributed by atoms with van der Waals surface area (Å²) in [5, 5.41) is 0.683. The first kappa shape index (κ1) is 21.8. The molecule has 1 amide bonds. The van der Waals surface area contributed by atoms with Gasteiger partial charge in [0.25, 0.3) is 5.91 Å². The summed E-state index contributed by atoms with van der Waals surface area (Å²) in [6.07, 6.45) is 1.86. The minimum absolute atomic E-state index is 0.0465. The summed E-state index contributed by atoms with van der Waals surface area (Å²) in [6.45, 7) is 4.82. The van der Waals surface area contributed by atoms with Gasteiger partial charge in [-0.2, -0.15) is 0 Å². The molecule has 0 aromatic heterocycles. The number of carbonyl (C=O) groups excluding carboxylic acids is 1. The third-order valence-electron chi connectivity index (χ3n) is 4.94. The maximum Gasteiger partial charge on any atom is 0.266 e. The second kappa shape index (κ2) is 9.83. The second-order valence-corrected chi connectivity index (χ2v) is 8.39. The molecule has 3 aromatic rings. The molecule has 0 radical (unpaired) electrons. The summed E-state index contributed by atoms with van der Waals surface area (Å²) in [6, 6.07) is 21.7. The number of rotatable bonds is 6. The number of hydrogen-bond donors (Lipinski definition) is 0. The highest BCUT2D eigenvalue weighted by Crippen LogP contribution is 2.34. The SMILES string of the molecule is CCN1C(=O)/C(=C\c2ccc(OCc3cccc(F)c3)cc2)SC1=Nc1ccc(C)cc1. The number of carbonyl (C=O) groups is 1. The number of aliphatic imine (C=N–C) groups is 1. The smallest absolute Gasteiger partial charge is 0.266 e. The zero-order valence-corrected chi connectivity index (χ0v) is 18.7. The average Bonchev–Trinajstić information content (AvgIpc) is 3.08. The molecule has 1 aliphatic rings. The lowest BCUT2D eigenvalue weighted by Gasteiger charge is -2.12. The van der Waals surface area contributed by atoms with E-state index < -0.39 is 0 Å². The van der Waals surface area contributed by atoms with Gasteiger partial charge in [-0.3, -0.25) is 9.69 Å². The number of thioether (sulfide) groups is 1. The lowest BCUT2D eigenvalue weighted by Crippen LogP contribution is -2.28. The first-order chi connectivity index (χ1) is 15.5. The number of halogens is 1. The fourth-order valence-corrected chi connectivity index (χ4v) is 4.27. The Morgan fingerprint density at radius 3 is 2.50 bits per heavy atom. The molecule has 162 valence electrons. The van der Waals surface area contributed by atoms with E-state index in [0.29, 0.717) is 22.4 Å². The quantitative estimate of drug-likeness (QED) is 0.415.